The molecule has 6 aromatic rings. The summed E-state index contributed by atoms with van der Waals surface area (Å²) in [4.78, 5) is 12.7. The Morgan fingerprint density at radius 3 is 1.21 bits per heavy atom. The predicted octanol–water partition coefficient (Wildman–Crippen LogP) is 7.19. The quantitative estimate of drug-likeness (QED) is 0.117. The topological polar surface area (TPSA) is 202 Å². The fourth-order valence-electron chi connectivity index (χ4n) is 4.68. The molecule has 5 aromatic carbocycles. The normalized spacial score (nSPS) is 12.2. The van der Waals surface area contributed by atoms with Gasteiger partial charge in [-0.2, -0.15) is 25.3 Å². The van der Waals surface area contributed by atoms with E-state index in [0.717, 1.165) is 47.8 Å². The number of halogens is 2. The van der Waals surface area contributed by atoms with Gasteiger partial charge < -0.3 is 0 Å². The molecule has 0 amide bonds. The molecule has 1 heterocycles. The fourth-order valence-corrected chi connectivity index (χ4v) is 8.93. The summed E-state index contributed by atoms with van der Waals surface area (Å²) in [7, 11) is -14.4. The van der Waals surface area contributed by atoms with Crippen molar-refractivity contribution in [2.24, 2.45) is 0 Å². The first-order valence-electron chi connectivity index (χ1n) is 14.4. The summed E-state index contributed by atoms with van der Waals surface area (Å²) in [6, 6.07) is 23.0. The lowest BCUT2D eigenvalue weighted by Crippen LogP contribution is -2.05. The van der Waals surface area contributed by atoms with Gasteiger partial charge in [-0.1, -0.05) is 35.7 Å². The minimum atomic E-state index is -4.87. The van der Waals surface area contributed by atoms with Crippen LogP contribution in [0.3, 0.4) is 0 Å². The molecule has 0 saturated heterocycles. The summed E-state index contributed by atoms with van der Waals surface area (Å²) in [5, 5.41) is 0. The molecule has 19 heteroatoms. The third-order valence-electron chi connectivity index (χ3n) is 7.07. The Bertz CT molecular complexity index is 2540. The highest BCUT2D eigenvalue weighted by molar-refractivity contribution is 8.00. The fraction of sp³-hybridized carbons (Fsp3) is 0. The van der Waals surface area contributed by atoms with Crippen LogP contribution >= 0.6 is 23.5 Å². The van der Waals surface area contributed by atoms with Gasteiger partial charge in [0.2, 0.25) is 0 Å². The van der Waals surface area contributed by atoms with E-state index in [9.17, 15) is 47.7 Å². The summed E-state index contributed by atoms with van der Waals surface area (Å²) < 4.78 is 131. The van der Waals surface area contributed by atoms with Crippen molar-refractivity contribution < 1.29 is 47.7 Å². The van der Waals surface area contributed by atoms with E-state index < -0.39 is 56.7 Å². The van der Waals surface area contributed by atoms with Gasteiger partial charge >= 0.3 is 0 Å². The highest BCUT2D eigenvalue weighted by atomic mass is 32.2. The van der Waals surface area contributed by atoms with Crippen LogP contribution in [0.2, 0.25) is 0 Å². The van der Waals surface area contributed by atoms with Crippen molar-refractivity contribution in [2.45, 2.75) is 34.3 Å². The van der Waals surface area contributed by atoms with Crippen LogP contribution in [0, 0.1) is 11.6 Å². The van der Waals surface area contributed by atoms with Crippen molar-refractivity contribution >= 4 is 53.9 Å². The average Bonchev–Trinajstić information content (AvgIpc) is 3.09. The van der Waals surface area contributed by atoms with Gasteiger partial charge in [-0.25, -0.2) is 23.7 Å². The van der Waals surface area contributed by atoms with E-state index in [-0.39, 0.29) is 44.0 Å². The van der Waals surface area contributed by atoms with Gasteiger partial charge in [0.05, 0.1) is 4.90 Å². The van der Waals surface area contributed by atoms with Gasteiger partial charge in [0.15, 0.2) is 17.5 Å². The third kappa shape index (κ3) is 8.70. The number of aromatic nitrogens is 3. The number of rotatable bonds is 10. The molecule has 0 fully saturated rings. The zero-order valence-electron chi connectivity index (χ0n) is 25.8. The maximum Gasteiger partial charge on any atom is 0.295 e. The van der Waals surface area contributed by atoms with Gasteiger partial charge in [0.25, 0.3) is 30.4 Å². The predicted molar refractivity (Wildman–Crippen MR) is 187 cm³/mol. The average molecular weight is 802 g/mol. The summed E-state index contributed by atoms with van der Waals surface area (Å²) >= 11 is 1.85. The SMILES string of the molecule is O=S(=O)(O)c1cccc(-c2nc(-c3ccc(Sc4ccc(F)cc4)c(S(=O)(=O)O)c3)nc(-c3ccc(Sc4ccc(F)cc4)c(S(=O)(=O)O)c3)n2)c1. The van der Waals surface area contributed by atoms with Crippen LogP contribution in [0.1, 0.15) is 0 Å². The van der Waals surface area contributed by atoms with E-state index in [1.807, 2.05) is 0 Å². The largest absolute Gasteiger partial charge is 0.295 e. The first-order chi connectivity index (χ1) is 24.4. The second-order valence-electron chi connectivity index (χ2n) is 10.7. The van der Waals surface area contributed by atoms with Crippen LogP contribution < -0.4 is 0 Å². The van der Waals surface area contributed by atoms with Crippen LogP contribution in [0.5, 0.6) is 0 Å². The molecule has 0 atom stereocenters. The lowest BCUT2D eigenvalue weighted by atomic mass is 10.1. The minimum Gasteiger partial charge on any atom is -0.282 e. The van der Waals surface area contributed by atoms with Gasteiger partial charge in [0, 0.05) is 36.3 Å². The second-order valence-corrected chi connectivity index (χ2v) is 17.1. The second kappa shape index (κ2) is 14.4. The maximum atomic E-state index is 13.5. The van der Waals surface area contributed by atoms with Gasteiger partial charge in [-0.15, -0.1) is 0 Å². The lowest BCUT2D eigenvalue weighted by molar-refractivity contribution is 0.479. The zero-order valence-corrected chi connectivity index (χ0v) is 29.9. The molecule has 0 bridgehead atoms. The van der Waals surface area contributed by atoms with Crippen LogP contribution in [0.15, 0.2) is 143 Å². The van der Waals surface area contributed by atoms with Crippen LogP contribution in [-0.4, -0.2) is 53.9 Å². The van der Waals surface area contributed by atoms with E-state index in [4.69, 9.17) is 0 Å². The molecule has 0 aliphatic rings. The lowest BCUT2D eigenvalue weighted by Gasteiger charge is -2.13. The van der Waals surface area contributed by atoms with Crippen molar-refractivity contribution in [1.82, 2.24) is 15.0 Å². The Labute approximate surface area is 304 Å². The Balaban J connectivity index is 1.53. The molecule has 52 heavy (non-hydrogen) atoms. The molecule has 0 aliphatic heterocycles. The van der Waals surface area contributed by atoms with E-state index in [1.165, 1.54) is 84.9 Å². The van der Waals surface area contributed by atoms with E-state index in [0.29, 0.717) is 9.79 Å². The van der Waals surface area contributed by atoms with Crippen molar-refractivity contribution in [2.75, 3.05) is 0 Å². The molecule has 0 saturated carbocycles. The molecular weight excluding hydrogens is 781 g/mol. The summed E-state index contributed by atoms with van der Waals surface area (Å²) in [5.74, 6) is -1.63. The smallest absolute Gasteiger partial charge is 0.282 e. The Hall–Kier alpha value is -4.60. The van der Waals surface area contributed by atoms with Crippen LogP contribution in [0.4, 0.5) is 8.78 Å². The van der Waals surface area contributed by atoms with Gasteiger partial charge in [0.1, 0.15) is 21.4 Å². The van der Waals surface area contributed by atoms with Crippen molar-refractivity contribution in [3.63, 3.8) is 0 Å². The van der Waals surface area contributed by atoms with Crippen LogP contribution in [0.25, 0.3) is 34.2 Å². The molecule has 0 aliphatic carbocycles. The highest BCUT2D eigenvalue weighted by Crippen LogP contribution is 2.38. The molecule has 0 spiro atoms. The molecule has 6 rings (SSSR count). The molecule has 0 unspecified atom stereocenters. The molecular formula is C33H21F2N3O9S5. The number of nitrogens with zero attached hydrogens (tertiary/aromatic N) is 3. The van der Waals surface area contributed by atoms with Crippen LogP contribution in [-0.2, 0) is 30.4 Å². The molecule has 12 nitrogen and oxygen atoms in total. The molecule has 3 N–H and O–H groups in total. The number of hydrogen-bond acceptors (Lipinski definition) is 11. The Morgan fingerprint density at radius 2 is 0.846 bits per heavy atom. The third-order valence-corrected chi connectivity index (χ3v) is 12.1. The standard InChI is InChI=1S/C33H21F2N3O9S5/c34-22-6-10-24(11-7-22)48-27-14-4-20(17-29(27)51(42,43)44)32-36-31(19-2-1-3-26(16-19)50(39,40)41)37-33(38-32)21-5-15-28(30(18-21)52(45,46)47)49-25-12-8-23(35)9-13-25/h1-18H,(H,39,40,41)(H,42,43,44)(H,45,46,47). The number of hydrogen-bond donors (Lipinski definition) is 3. The van der Waals surface area contributed by atoms with E-state index >= 15 is 0 Å². The minimum absolute atomic E-state index is 0.0189. The zero-order chi connectivity index (χ0) is 37.4. The highest BCUT2D eigenvalue weighted by Gasteiger charge is 2.23. The van der Waals surface area contributed by atoms with E-state index in [1.54, 1.807) is 0 Å². The van der Waals surface area contributed by atoms with Gasteiger partial charge in [-0.3, -0.25) is 13.7 Å². The Kier molecular flexibility index (Phi) is 10.3. The van der Waals surface area contributed by atoms with Crippen molar-refractivity contribution in [3.05, 3.63) is 121 Å². The maximum absolute atomic E-state index is 13.5. The molecule has 266 valence electrons. The molecule has 0 radical (unpaired) electrons. The Morgan fingerprint density at radius 1 is 0.462 bits per heavy atom. The van der Waals surface area contributed by atoms with E-state index in [2.05, 4.69) is 15.0 Å². The van der Waals surface area contributed by atoms with Crippen molar-refractivity contribution in [1.29, 1.82) is 0 Å². The summed E-state index contributed by atoms with van der Waals surface area (Å²) in [6.45, 7) is 0. The summed E-state index contributed by atoms with van der Waals surface area (Å²) in [5.41, 5.74) is 0.0906. The first-order valence-corrected chi connectivity index (χ1v) is 20.3. The molecule has 1 aromatic heterocycles. The number of benzene rings is 5. The monoisotopic (exact) mass is 801 g/mol. The van der Waals surface area contributed by atoms with Crippen molar-refractivity contribution in [3.8, 4) is 34.2 Å². The first kappa shape index (κ1) is 37.2. The summed E-state index contributed by atoms with van der Waals surface area (Å²) in [6.07, 6.45) is 0. The van der Waals surface area contributed by atoms with Gasteiger partial charge in [-0.05, 0) is 97.1 Å².